The number of ketones is 1. The second-order valence-corrected chi connectivity index (χ2v) is 7.35. The van der Waals surface area contributed by atoms with Crippen LogP contribution in [0, 0.1) is 0 Å². The minimum atomic E-state index is -0.401. The molecule has 0 radical (unpaired) electrons. The molecule has 2 amide bonds. The third-order valence-corrected chi connectivity index (χ3v) is 5.47. The SMILES string of the molecule is O=C1NC(=O)C(Cc2cccc3c2ccn3CC(=O)c2ccccc2)S1. The van der Waals surface area contributed by atoms with Gasteiger partial charge in [0.05, 0.1) is 11.8 Å². The first-order valence-corrected chi connectivity index (χ1v) is 9.16. The Kier molecular flexibility index (Phi) is 4.34. The summed E-state index contributed by atoms with van der Waals surface area (Å²) in [4.78, 5) is 35.7. The summed E-state index contributed by atoms with van der Waals surface area (Å²) in [5, 5.41) is 2.63. The average molecular weight is 364 g/mol. The predicted molar refractivity (Wildman–Crippen MR) is 101 cm³/mol. The van der Waals surface area contributed by atoms with E-state index in [9.17, 15) is 14.4 Å². The standard InChI is InChI=1S/C20H16N2O3S/c23-17(13-5-2-1-3-6-13)12-22-10-9-15-14(7-4-8-16(15)22)11-18-19(24)21-20(25)26-18/h1-10,18H,11-12H2,(H,21,24,25). The quantitative estimate of drug-likeness (QED) is 0.705. The van der Waals surface area contributed by atoms with Crippen LogP contribution in [0.4, 0.5) is 4.79 Å². The molecule has 130 valence electrons. The van der Waals surface area contributed by atoms with Crippen LogP contribution in [-0.4, -0.2) is 26.7 Å². The van der Waals surface area contributed by atoms with E-state index in [1.54, 1.807) is 0 Å². The number of Topliss-reactive ketones (excluding diaryl/α,β-unsaturated/α-hetero) is 1. The Hall–Kier alpha value is -2.86. The maximum absolute atomic E-state index is 12.5. The molecule has 1 aromatic heterocycles. The summed E-state index contributed by atoms with van der Waals surface area (Å²) in [6, 6.07) is 17.0. The maximum atomic E-state index is 12.5. The molecule has 2 aromatic carbocycles. The maximum Gasteiger partial charge on any atom is 0.286 e. The Balaban J connectivity index is 1.60. The van der Waals surface area contributed by atoms with Gasteiger partial charge in [-0.05, 0) is 24.1 Å². The number of nitrogens with zero attached hydrogens (tertiary/aromatic N) is 1. The number of aromatic nitrogens is 1. The lowest BCUT2D eigenvalue weighted by Crippen LogP contribution is -2.25. The molecule has 4 rings (SSSR count). The fourth-order valence-corrected chi connectivity index (χ4v) is 4.05. The molecule has 0 spiro atoms. The van der Waals surface area contributed by atoms with Gasteiger partial charge in [-0.25, -0.2) is 0 Å². The molecule has 1 N–H and O–H groups in total. The molecule has 1 saturated heterocycles. The highest BCUT2D eigenvalue weighted by Crippen LogP contribution is 2.27. The Labute approximate surface area is 154 Å². The number of imide groups is 1. The number of hydrogen-bond acceptors (Lipinski definition) is 4. The number of hydrogen-bond donors (Lipinski definition) is 1. The summed E-state index contributed by atoms with van der Waals surface area (Å²) in [5.74, 6) is -0.194. The minimum Gasteiger partial charge on any atom is -0.340 e. The van der Waals surface area contributed by atoms with Crippen LogP contribution in [0.2, 0.25) is 0 Å². The van der Waals surface area contributed by atoms with Crippen molar-refractivity contribution in [1.29, 1.82) is 0 Å². The lowest BCUT2D eigenvalue weighted by atomic mass is 10.0. The number of thioether (sulfide) groups is 1. The number of fused-ring (bicyclic) bond motifs is 1. The molecule has 5 nitrogen and oxygen atoms in total. The minimum absolute atomic E-state index is 0.0461. The smallest absolute Gasteiger partial charge is 0.286 e. The second kappa shape index (κ2) is 6.80. The van der Waals surface area contributed by atoms with Gasteiger partial charge in [0.2, 0.25) is 5.91 Å². The van der Waals surface area contributed by atoms with E-state index in [4.69, 9.17) is 0 Å². The number of carbonyl (C=O) groups is 3. The van der Waals surface area contributed by atoms with Gasteiger partial charge in [-0.3, -0.25) is 19.7 Å². The van der Waals surface area contributed by atoms with Gasteiger partial charge in [0.1, 0.15) is 0 Å². The van der Waals surface area contributed by atoms with Crippen molar-refractivity contribution in [2.75, 3.05) is 0 Å². The Morgan fingerprint density at radius 1 is 1.04 bits per heavy atom. The first-order chi connectivity index (χ1) is 12.6. The first-order valence-electron chi connectivity index (χ1n) is 8.28. The van der Waals surface area contributed by atoms with Gasteiger partial charge in [0.25, 0.3) is 5.24 Å². The fraction of sp³-hybridized carbons (Fsp3) is 0.150. The molecule has 1 fully saturated rings. The van der Waals surface area contributed by atoms with Gasteiger partial charge in [0.15, 0.2) is 5.78 Å². The Bertz CT molecular complexity index is 1010. The zero-order valence-corrected chi connectivity index (χ0v) is 14.7. The van der Waals surface area contributed by atoms with Crippen LogP contribution < -0.4 is 5.32 Å². The highest BCUT2D eigenvalue weighted by molar-refractivity contribution is 8.15. The molecule has 0 aliphatic carbocycles. The van der Waals surface area contributed by atoms with Gasteiger partial charge in [-0.2, -0.15) is 0 Å². The van der Waals surface area contributed by atoms with Crippen LogP contribution in [0.1, 0.15) is 15.9 Å². The summed E-state index contributed by atoms with van der Waals surface area (Å²) in [5.41, 5.74) is 2.63. The molecule has 1 unspecified atom stereocenters. The molecule has 6 heteroatoms. The third-order valence-electron chi connectivity index (χ3n) is 4.49. The van der Waals surface area contributed by atoms with Crippen LogP contribution in [0.5, 0.6) is 0 Å². The van der Waals surface area contributed by atoms with Crippen molar-refractivity contribution in [2.45, 2.75) is 18.2 Å². The zero-order valence-electron chi connectivity index (χ0n) is 13.8. The molecular weight excluding hydrogens is 348 g/mol. The number of benzene rings is 2. The van der Waals surface area contributed by atoms with E-state index in [0.717, 1.165) is 28.2 Å². The topological polar surface area (TPSA) is 68.2 Å². The Morgan fingerprint density at radius 3 is 2.58 bits per heavy atom. The van der Waals surface area contributed by atoms with E-state index in [1.807, 2.05) is 65.4 Å². The summed E-state index contributed by atoms with van der Waals surface area (Å²) >= 11 is 1.03. The summed E-state index contributed by atoms with van der Waals surface area (Å²) < 4.78 is 1.92. The second-order valence-electron chi connectivity index (χ2n) is 6.17. The normalized spacial score (nSPS) is 16.8. The molecule has 3 aromatic rings. The van der Waals surface area contributed by atoms with Gasteiger partial charge in [-0.1, -0.05) is 54.2 Å². The molecular formula is C20H16N2O3S. The lowest BCUT2D eigenvalue weighted by molar-refractivity contribution is -0.118. The van der Waals surface area contributed by atoms with Crippen LogP contribution in [0.25, 0.3) is 10.9 Å². The van der Waals surface area contributed by atoms with Crippen molar-refractivity contribution in [1.82, 2.24) is 9.88 Å². The third kappa shape index (κ3) is 3.15. The van der Waals surface area contributed by atoms with Crippen LogP contribution >= 0.6 is 11.8 Å². The summed E-state index contributed by atoms with van der Waals surface area (Å²) in [7, 11) is 0. The highest BCUT2D eigenvalue weighted by Gasteiger charge is 2.31. The molecule has 1 atom stereocenters. The van der Waals surface area contributed by atoms with E-state index in [2.05, 4.69) is 5.32 Å². The van der Waals surface area contributed by atoms with Gasteiger partial charge in [-0.15, -0.1) is 0 Å². The molecule has 1 aliphatic heterocycles. The van der Waals surface area contributed by atoms with E-state index in [-0.39, 0.29) is 23.5 Å². The monoisotopic (exact) mass is 364 g/mol. The molecule has 26 heavy (non-hydrogen) atoms. The largest absolute Gasteiger partial charge is 0.340 e. The van der Waals surface area contributed by atoms with Crippen molar-refractivity contribution in [3.8, 4) is 0 Å². The zero-order chi connectivity index (χ0) is 18.1. The van der Waals surface area contributed by atoms with Crippen LogP contribution in [0.3, 0.4) is 0 Å². The van der Waals surface area contributed by atoms with E-state index >= 15 is 0 Å². The van der Waals surface area contributed by atoms with E-state index < -0.39 is 5.25 Å². The molecule has 1 aliphatic rings. The average Bonchev–Trinajstić information content (AvgIpc) is 3.19. The molecule has 0 bridgehead atoms. The highest BCUT2D eigenvalue weighted by atomic mass is 32.2. The summed E-state index contributed by atoms with van der Waals surface area (Å²) in [6.07, 6.45) is 2.37. The molecule has 0 saturated carbocycles. The molecule has 2 heterocycles. The van der Waals surface area contributed by atoms with Crippen molar-refractivity contribution in [3.63, 3.8) is 0 Å². The van der Waals surface area contributed by atoms with Crippen molar-refractivity contribution < 1.29 is 14.4 Å². The predicted octanol–water partition coefficient (Wildman–Crippen LogP) is 3.42. The van der Waals surface area contributed by atoms with Crippen LogP contribution in [-0.2, 0) is 17.8 Å². The number of amides is 2. The van der Waals surface area contributed by atoms with Gasteiger partial charge in [0, 0.05) is 22.7 Å². The van der Waals surface area contributed by atoms with Gasteiger partial charge < -0.3 is 4.57 Å². The van der Waals surface area contributed by atoms with Crippen molar-refractivity contribution in [2.24, 2.45) is 0 Å². The van der Waals surface area contributed by atoms with E-state index in [1.165, 1.54) is 0 Å². The Morgan fingerprint density at radius 2 is 1.85 bits per heavy atom. The summed E-state index contributed by atoms with van der Waals surface area (Å²) in [6.45, 7) is 0.258. The van der Waals surface area contributed by atoms with E-state index in [0.29, 0.717) is 12.0 Å². The number of nitrogens with one attached hydrogen (secondary N) is 1. The fourth-order valence-electron chi connectivity index (χ4n) is 3.20. The lowest BCUT2D eigenvalue weighted by Gasteiger charge is -2.09. The van der Waals surface area contributed by atoms with Crippen LogP contribution in [0.15, 0.2) is 60.8 Å². The number of rotatable bonds is 5. The first kappa shape index (κ1) is 16.6. The van der Waals surface area contributed by atoms with Crippen molar-refractivity contribution in [3.05, 3.63) is 71.9 Å². The van der Waals surface area contributed by atoms with Crippen molar-refractivity contribution >= 4 is 39.6 Å². The number of carbonyl (C=O) groups excluding carboxylic acids is 3. The van der Waals surface area contributed by atoms with Gasteiger partial charge >= 0.3 is 0 Å².